The van der Waals surface area contributed by atoms with Crippen molar-refractivity contribution in [2.24, 2.45) is 0 Å². The fraction of sp³-hybridized carbons (Fsp3) is 0.812. The minimum atomic E-state index is -1.38. The number of carbonyl (C=O) groups is 3. The predicted octanol–water partition coefficient (Wildman–Crippen LogP) is -1.66. The van der Waals surface area contributed by atoms with Crippen LogP contribution >= 0.6 is 0 Å². The Hall–Kier alpha value is -2.35. The van der Waals surface area contributed by atoms with Crippen LogP contribution in [0.25, 0.3) is 0 Å². The first-order valence-corrected chi connectivity index (χ1v) is 9.21. The third-order valence-corrected chi connectivity index (χ3v) is 4.86. The molecule has 1 heterocycles. The van der Waals surface area contributed by atoms with Crippen molar-refractivity contribution in [2.75, 3.05) is 59.0 Å². The van der Waals surface area contributed by atoms with E-state index in [1.807, 2.05) is 0 Å². The average Bonchev–Trinajstić information content (AvgIpc) is 2.63. The summed E-state index contributed by atoms with van der Waals surface area (Å²) < 4.78 is 0. The second kappa shape index (κ2) is 11.6. The summed E-state index contributed by atoms with van der Waals surface area (Å²) in [6.07, 6.45) is -6.42. The van der Waals surface area contributed by atoms with Crippen molar-refractivity contribution in [3.05, 3.63) is 0 Å². The lowest BCUT2D eigenvalue weighted by atomic mass is 10.2. The maximum atomic E-state index is 11.6. The fourth-order valence-corrected chi connectivity index (χ4v) is 3.05. The van der Waals surface area contributed by atoms with Crippen LogP contribution in [0, 0.1) is 0 Å². The van der Waals surface area contributed by atoms with Crippen LogP contribution in [0.1, 0.15) is 6.92 Å². The molecule has 0 bridgehead atoms. The molecule has 13 heteroatoms. The van der Waals surface area contributed by atoms with Gasteiger partial charge in [0, 0.05) is 58.4 Å². The molecule has 3 unspecified atom stereocenters. The summed E-state index contributed by atoms with van der Waals surface area (Å²) in [4.78, 5) is 39.2. The van der Waals surface area contributed by atoms with E-state index in [9.17, 15) is 39.9 Å². The van der Waals surface area contributed by atoms with Crippen molar-refractivity contribution in [2.45, 2.75) is 25.2 Å². The first-order valence-electron chi connectivity index (χ1n) is 9.21. The van der Waals surface area contributed by atoms with Crippen LogP contribution in [0.4, 0.5) is 14.4 Å². The topological polar surface area (TPSA) is 186 Å². The molecule has 0 aromatic carbocycles. The molecule has 6 N–H and O–H groups in total. The summed E-state index contributed by atoms with van der Waals surface area (Å²) in [5.41, 5.74) is 0. The standard InChI is InChI=1S/C16H30N4O9/c1-11-8-19(15(26)27)6-5-18(14(24)25)4-2-17(3-7-20(11)16(28)29)9-12(22)13(23)10-21/h11-13,21-23H,2-10H2,1H3,(H,24,25)(H,26,27)(H,28,29). The predicted molar refractivity (Wildman–Crippen MR) is 98.9 cm³/mol. The van der Waals surface area contributed by atoms with Gasteiger partial charge in [0.25, 0.3) is 0 Å². The number of β-amino-alcohol motifs (C(OH)–C–C–N with tert-alkyl or cyclic N) is 1. The molecule has 1 aliphatic rings. The molecule has 168 valence electrons. The molecule has 0 aromatic rings. The van der Waals surface area contributed by atoms with Crippen molar-refractivity contribution in [1.82, 2.24) is 19.6 Å². The zero-order chi connectivity index (χ0) is 22.1. The van der Waals surface area contributed by atoms with Gasteiger partial charge in [-0.1, -0.05) is 0 Å². The number of carboxylic acid groups (broad SMARTS) is 3. The monoisotopic (exact) mass is 422 g/mol. The summed E-state index contributed by atoms with van der Waals surface area (Å²) in [5.74, 6) is 0. The third-order valence-electron chi connectivity index (χ3n) is 4.86. The third kappa shape index (κ3) is 7.89. The van der Waals surface area contributed by atoms with Crippen LogP contribution in [0.2, 0.25) is 0 Å². The number of hydrogen-bond acceptors (Lipinski definition) is 7. The highest BCUT2D eigenvalue weighted by Gasteiger charge is 2.28. The van der Waals surface area contributed by atoms with Crippen LogP contribution in [0.5, 0.6) is 0 Å². The normalized spacial score (nSPS) is 22.3. The van der Waals surface area contributed by atoms with Crippen molar-refractivity contribution in [3.63, 3.8) is 0 Å². The van der Waals surface area contributed by atoms with Gasteiger partial charge in [-0.25, -0.2) is 14.4 Å². The Balaban J connectivity index is 3.03. The van der Waals surface area contributed by atoms with Crippen LogP contribution in [0.3, 0.4) is 0 Å². The van der Waals surface area contributed by atoms with Gasteiger partial charge < -0.3 is 45.3 Å². The van der Waals surface area contributed by atoms with E-state index in [0.717, 1.165) is 14.7 Å². The van der Waals surface area contributed by atoms with Crippen LogP contribution in [-0.4, -0.2) is 146 Å². The fourth-order valence-electron chi connectivity index (χ4n) is 3.05. The van der Waals surface area contributed by atoms with E-state index in [1.165, 1.54) is 0 Å². The number of aliphatic hydroxyl groups excluding tert-OH is 3. The van der Waals surface area contributed by atoms with Crippen molar-refractivity contribution in [1.29, 1.82) is 0 Å². The lowest BCUT2D eigenvalue weighted by Crippen LogP contribution is -2.53. The van der Waals surface area contributed by atoms with Gasteiger partial charge in [0.2, 0.25) is 0 Å². The largest absolute Gasteiger partial charge is 0.465 e. The van der Waals surface area contributed by atoms with Gasteiger partial charge in [-0.15, -0.1) is 0 Å². The number of hydrogen-bond donors (Lipinski definition) is 6. The summed E-state index contributed by atoms with van der Waals surface area (Å²) in [6, 6.07) is -0.684. The zero-order valence-corrected chi connectivity index (χ0v) is 16.3. The minimum absolute atomic E-state index is 0.00659. The van der Waals surface area contributed by atoms with Crippen LogP contribution in [0.15, 0.2) is 0 Å². The maximum absolute atomic E-state index is 11.6. The van der Waals surface area contributed by atoms with Crippen molar-refractivity contribution in [3.8, 4) is 0 Å². The average molecular weight is 422 g/mol. The highest BCUT2D eigenvalue weighted by atomic mass is 16.4. The molecule has 1 fully saturated rings. The van der Waals surface area contributed by atoms with Crippen molar-refractivity contribution >= 4 is 18.3 Å². The van der Waals surface area contributed by atoms with Crippen LogP contribution in [-0.2, 0) is 0 Å². The Morgan fingerprint density at radius 1 is 0.828 bits per heavy atom. The number of aliphatic hydroxyl groups is 3. The Kier molecular flexibility index (Phi) is 9.88. The molecule has 0 spiro atoms. The van der Waals surface area contributed by atoms with Gasteiger partial charge in [0.05, 0.1) is 12.7 Å². The van der Waals surface area contributed by atoms with E-state index >= 15 is 0 Å². The molecule has 13 nitrogen and oxygen atoms in total. The van der Waals surface area contributed by atoms with Gasteiger partial charge in [0.1, 0.15) is 6.10 Å². The highest BCUT2D eigenvalue weighted by Crippen LogP contribution is 2.08. The first-order chi connectivity index (χ1) is 13.6. The molecule has 29 heavy (non-hydrogen) atoms. The molecule has 0 aliphatic carbocycles. The summed E-state index contributed by atoms with van der Waals surface area (Å²) in [7, 11) is 0. The summed E-state index contributed by atoms with van der Waals surface area (Å²) in [5, 5.41) is 56.7. The molecule has 3 atom stereocenters. The quantitative estimate of drug-likeness (QED) is 0.306. The summed E-state index contributed by atoms with van der Waals surface area (Å²) >= 11 is 0. The van der Waals surface area contributed by atoms with Gasteiger partial charge in [-0.3, -0.25) is 4.90 Å². The van der Waals surface area contributed by atoms with Gasteiger partial charge in [-0.05, 0) is 6.92 Å². The summed E-state index contributed by atoms with van der Waals surface area (Å²) in [6.45, 7) is 0.676. The molecular formula is C16H30N4O9. The van der Waals surface area contributed by atoms with Crippen LogP contribution < -0.4 is 0 Å². The molecular weight excluding hydrogens is 392 g/mol. The van der Waals surface area contributed by atoms with Crippen molar-refractivity contribution < 1.29 is 45.0 Å². The maximum Gasteiger partial charge on any atom is 0.407 e. The number of rotatable bonds is 4. The zero-order valence-electron chi connectivity index (χ0n) is 16.3. The molecule has 0 aromatic heterocycles. The van der Waals surface area contributed by atoms with E-state index < -0.39 is 43.1 Å². The number of nitrogens with zero attached hydrogens (tertiary/aromatic N) is 4. The SMILES string of the molecule is CC1CN(C(=O)O)CCN(C(=O)O)CCN(CC(O)C(O)CO)CCN1C(=O)O. The van der Waals surface area contributed by atoms with E-state index in [0.29, 0.717) is 0 Å². The molecule has 0 radical (unpaired) electrons. The highest BCUT2D eigenvalue weighted by molar-refractivity contribution is 5.67. The smallest absolute Gasteiger partial charge is 0.407 e. The van der Waals surface area contributed by atoms with E-state index in [2.05, 4.69) is 0 Å². The lowest BCUT2D eigenvalue weighted by molar-refractivity contribution is -0.0314. The Labute approximate surface area is 167 Å². The molecule has 3 amide bonds. The molecule has 1 rings (SSSR count). The number of amides is 3. The van der Waals surface area contributed by atoms with Gasteiger partial charge in [-0.2, -0.15) is 0 Å². The Morgan fingerprint density at radius 3 is 1.86 bits per heavy atom. The molecule has 1 aliphatic heterocycles. The first kappa shape index (κ1) is 24.7. The van der Waals surface area contributed by atoms with E-state index in [-0.39, 0.29) is 52.4 Å². The second-order valence-electron chi connectivity index (χ2n) is 6.94. The molecule has 1 saturated heterocycles. The van der Waals surface area contributed by atoms with Gasteiger partial charge >= 0.3 is 18.3 Å². The van der Waals surface area contributed by atoms with Gasteiger partial charge in [0.15, 0.2) is 0 Å². The molecule has 0 saturated carbocycles. The van der Waals surface area contributed by atoms with E-state index in [4.69, 9.17) is 5.11 Å². The Bertz CT molecular complexity index is 565. The minimum Gasteiger partial charge on any atom is -0.465 e. The van der Waals surface area contributed by atoms with E-state index in [1.54, 1.807) is 11.8 Å². The second-order valence-corrected chi connectivity index (χ2v) is 6.94. The lowest BCUT2D eigenvalue weighted by Gasteiger charge is -2.35. The Morgan fingerprint density at radius 2 is 1.34 bits per heavy atom.